The molecule has 1 amide bonds. The molecule has 3 nitrogen and oxygen atoms in total. The second-order valence-corrected chi connectivity index (χ2v) is 6.03. The van der Waals surface area contributed by atoms with E-state index in [0.717, 1.165) is 17.7 Å². The van der Waals surface area contributed by atoms with E-state index in [-0.39, 0.29) is 17.6 Å². The van der Waals surface area contributed by atoms with Crippen molar-refractivity contribution in [3.05, 3.63) is 29.3 Å². The van der Waals surface area contributed by atoms with Crippen LogP contribution in [0.5, 0.6) is 5.75 Å². The van der Waals surface area contributed by atoms with Crippen LogP contribution < -0.4 is 10.1 Å². The predicted octanol–water partition coefficient (Wildman–Crippen LogP) is 3.49. The van der Waals surface area contributed by atoms with E-state index in [1.54, 1.807) is 0 Å². The van der Waals surface area contributed by atoms with Gasteiger partial charge in [-0.2, -0.15) is 0 Å². The molecular weight excluding hydrogens is 238 g/mol. The number of carbonyl (C=O) groups excluding carboxylic acids is 1. The first-order valence-electron chi connectivity index (χ1n) is 6.98. The fourth-order valence-electron chi connectivity index (χ4n) is 2.23. The standard InChI is InChI=1S/C16H23NO2/c1-6-16(4,5)17-15(18)13-9-7-8-12-10(2)11(3)19-14(12)13/h7-11H,6H2,1-5H3,(H,17,18)/t10-,11+/m0/s1. The van der Waals surface area contributed by atoms with Crippen LogP contribution in [0.2, 0.25) is 0 Å². The van der Waals surface area contributed by atoms with Crippen LogP contribution in [-0.4, -0.2) is 17.6 Å². The minimum Gasteiger partial charge on any atom is -0.489 e. The SMILES string of the molecule is CCC(C)(C)NC(=O)c1cccc2c1O[C@H](C)[C@@H]2C. The molecule has 1 aromatic rings. The lowest BCUT2D eigenvalue weighted by Gasteiger charge is -2.25. The molecule has 19 heavy (non-hydrogen) atoms. The van der Waals surface area contributed by atoms with Gasteiger partial charge < -0.3 is 10.1 Å². The van der Waals surface area contributed by atoms with Gasteiger partial charge >= 0.3 is 0 Å². The number of hydrogen-bond donors (Lipinski definition) is 1. The zero-order chi connectivity index (χ0) is 14.2. The van der Waals surface area contributed by atoms with Crippen LogP contribution >= 0.6 is 0 Å². The smallest absolute Gasteiger partial charge is 0.255 e. The van der Waals surface area contributed by atoms with Gasteiger partial charge in [0.1, 0.15) is 11.9 Å². The fraction of sp³-hybridized carbons (Fsp3) is 0.562. The first kappa shape index (κ1) is 13.9. The summed E-state index contributed by atoms with van der Waals surface area (Å²) >= 11 is 0. The van der Waals surface area contributed by atoms with Gasteiger partial charge in [-0.05, 0) is 33.3 Å². The van der Waals surface area contributed by atoms with Crippen molar-refractivity contribution in [2.75, 3.05) is 0 Å². The summed E-state index contributed by atoms with van der Waals surface area (Å²) in [5.74, 6) is 1.04. The molecule has 0 spiro atoms. The van der Waals surface area contributed by atoms with Crippen molar-refractivity contribution in [3.8, 4) is 5.75 Å². The molecule has 0 radical (unpaired) electrons. The first-order chi connectivity index (χ1) is 8.85. The molecule has 1 N–H and O–H groups in total. The average Bonchev–Trinajstić information content (AvgIpc) is 2.65. The monoisotopic (exact) mass is 261 g/mol. The van der Waals surface area contributed by atoms with Crippen LogP contribution in [0, 0.1) is 0 Å². The Hall–Kier alpha value is -1.51. The number of carbonyl (C=O) groups is 1. The highest BCUT2D eigenvalue weighted by molar-refractivity contribution is 5.98. The number of ether oxygens (including phenoxy) is 1. The molecule has 1 aliphatic rings. The van der Waals surface area contributed by atoms with E-state index in [2.05, 4.69) is 19.2 Å². The van der Waals surface area contributed by atoms with E-state index in [1.807, 2.05) is 39.0 Å². The largest absolute Gasteiger partial charge is 0.489 e. The van der Waals surface area contributed by atoms with E-state index < -0.39 is 0 Å². The van der Waals surface area contributed by atoms with Crippen molar-refractivity contribution in [1.29, 1.82) is 0 Å². The summed E-state index contributed by atoms with van der Waals surface area (Å²) in [7, 11) is 0. The minimum atomic E-state index is -0.199. The van der Waals surface area contributed by atoms with Crippen molar-refractivity contribution < 1.29 is 9.53 Å². The number of benzene rings is 1. The van der Waals surface area contributed by atoms with Gasteiger partial charge in [0.15, 0.2) is 0 Å². The molecule has 1 aromatic carbocycles. The lowest BCUT2D eigenvalue weighted by Crippen LogP contribution is -2.42. The lowest BCUT2D eigenvalue weighted by atomic mass is 9.96. The van der Waals surface area contributed by atoms with Gasteiger partial charge in [0.25, 0.3) is 5.91 Å². The molecule has 0 unspecified atom stereocenters. The fourth-order valence-corrected chi connectivity index (χ4v) is 2.23. The summed E-state index contributed by atoms with van der Waals surface area (Å²) in [6.45, 7) is 10.3. The highest BCUT2D eigenvalue weighted by Crippen LogP contribution is 2.40. The Balaban J connectivity index is 2.31. The zero-order valence-corrected chi connectivity index (χ0v) is 12.4. The summed E-state index contributed by atoms with van der Waals surface area (Å²) in [5.41, 5.74) is 1.58. The van der Waals surface area contributed by atoms with Crippen LogP contribution in [0.3, 0.4) is 0 Å². The Labute approximate surface area is 115 Å². The van der Waals surface area contributed by atoms with Crippen molar-refractivity contribution in [3.63, 3.8) is 0 Å². The van der Waals surface area contributed by atoms with Gasteiger partial charge in [-0.15, -0.1) is 0 Å². The maximum Gasteiger partial charge on any atom is 0.255 e. The Kier molecular flexibility index (Phi) is 3.57. The van der Waals surface area contributed by atoms with Crippen molar-refractivity contribution in [1.82, 2.24) is 5.32 Å². The molecule has 0 aromatic heterocycles. The highest BCUT2D eigenvalue weighted by atomic mass is 16.5. The Morgan fingerprint density at radius 2 is 2.05 bits per heavy atom. The third-order valence-corrected chi connectivity index (χ3v) is 4.12. The third-order valence-electron chi connectivity index (χ3n) is 4.12. The van der Waals surface area contributed by atoms with E-state index >= 15 is 0 Å². The Bertz CT molecular complexity index is 494. The van der Waals surface area contributed by atoms with Crippen molar-refractivity contribution in [2.45, 2.75) is 58.6 Å². The molecule has 2 atom stereocenters. The van der Waals surface area contributed by atoms with Gasteiger partial charge in [0, 0.05) is 17.0 Å². The summed E-state index contributed by atoms with van der Waals surface area (Å²) < 4.78 is 5.86. The van der Waals surface area contributed by atoms with Crippen LogP contribution in [-0.2, 0) is 0 Å². The molecule has 104 valence electrons. The molecule has 3 heteroatoms. The number of amides is 1. The zero-order valence-electron chi connectivity index (χ0n) is 12.4. The maximum atomic E-state index is 12.4. The number of fused-ring (bicyclic) bond motifs is 1. The quantitative estimate of drug-likeness (QED) is 0.904. The Morgan fingerprint density at radius 3 is 2.68 bits per heavy atom. The molecular formula is C16H23NO2. The van der Waals surface area contributed by atoms with Crippen LogP contribution in [0.4, 0.5) is 0 Å². The molecule has 1 aliphatic heterocycles. The summed E-state index contributed by atoms with van der Waals surface area (Å²) in [5, 5.41) is 3.06. The lowest BCUT2D eigenvalue weighted by molar-refractivity contribution is 0.0906. The Morgan fingerprint density at radius 1 is 1.37 bits per heavy atom. The van der Waals surface area contributed by atoms with Gasteiger partial charge in [0.05, 0.1) is 5.56 Å². The van der Waals surface area contributed by atoms with Gasteiger partial charge in [0.2, 0.25) is 0 Å². The second kappa shape index (κ2) is 4.87. The number of rotatable bonds is 3. The predicted molar refractivity (Wildman–Crippen MR) is 76.8 cm³/mol. The summed E-state index contributed by atoms with van der Waals surface area (Å²) in [6, 6.07) is 5.82. The van der Waals surface area contributed by atoms with Crippen LogP contribution in [0.25, 0.3) is 0 Å². The number of nitrogens with one attached hydrogen (secondary N) is 1. The molecule has 0 fully saturated rings. The van der Waals surface area contributed by atoms with Crippen molar-refractivity contribution in [2.24, 2.45) is 0 Å². The van der Waals surface area contributed by atoms with E-state index in [1.165, 1.54) is 0 Å². The first-order valence-corrected chi connectivity index (χ1v) is 6.98. The summed E-state index contributed by atoms with van der Waals surface area (Å²) in [6.07, 6.45) is 1.02. The van der Waals surface area contributed by atoms with Crippen LogP contribution in [0.1, 0.15) is 62.9 Å². The van der Waals surface area contributed by atoms with E-state index in [9.17, 15) is 4.79 Å². The van der Waals surface area contributed by atoms with Gasteiger partial charge in [-0.3, -0.25) is 4.79 Å². The number of hydrogen-bond acceptors (Lipinski definition) is 2. The topological polar surface area (TPSA) is 38.3 Å². The number of para-hydroxylation sites is 1. The molecule has 0 saturated carbocycles. The van der Waals surface area contributed by atoms with E-state index in [4.69, 9.17) is 4.74 Å². The van der Waals surface area contributed by atoms with Crippen LogP contribution in [0.15, 0.2) is 18.2 Å². The molecule has 0 bridgehead atoms. The minimum absolute atomic E-state index is 0.0509. The van der Waals surface area contributed by atoms with Crippen molar-refractivity contribution >= 4 is 5.91 Å². The third kappa shape index (κ3) is 2.60. The van der Waals surface area contributed by atoms with Gasteiger partial charge in [-0.25, -0.2) is 0 Å². The normalized spacial score (nSPS) is 21.7. The molecule has 1 heterocycles. The molecule has 0 saturated heterocycles. The second-order valence-electron chi connectivity index (χ2n) is 6.03. The summed E-state index contributed by atoms with van der Waals surface area (Å²) in [4.78, 5) is 12.4. The van der Waals surface area contributed by atoms with E-state index in [0.29, 0.717) is 11.5 Å². The molecule has 0 aliphatic carbocycles. The average molecular weight is 261 g/mol. The maximum absolute atomic E-state index is 12.4. The molecule has 2 rings (SSSR count). The van der Waals surface area contributed by atoms with Gasteiger partial charge in [-0.1, -0.05) is 26.0 Å². The highest BCUT2D eigenvalue weighted by Gasteiger charge is 2.32.